The van der Waals surface area contributed by atoms with Crippen LogP contribution in [0.2, 0.25) is 0 Å². The van der Waals surface area contributed by atoms with Crippen molar-refractivity contribution in [1.82, 2.24) is 4.90 Å². The number of methoxy groups -OCH3 is 2. The predicted molar refractivity (Wildman–Crippen MR) is 124 cm³/mol. The maximum atomic E-state index is 12.9. The van der Waals surface area contributed by atoms with Gasteiger partial charge in [0.15, 0.2) is 6.61 Å². The zero-order valence-electron chi connectivity index (χ0n) is 20.0. The summed E-state index contributed by atoms with van der Waals surface area (Å²) in [5, 5.41) is 2.43. The molecule has 0 aliphatic carbocycles. The lowest BCUT2D eigenvalue weighted by Crippen LogP contribution is -2.49. The lowest BCUT2D eigenvalue weighted by atomic mass is 10.0. The van der Waals surface area contributed by atoms with Gasteiger partial charge in [-0.1, -0.05) is 26.0 Å². The Morgan fingerprint density at radius 3 is 1.81 bits per heavy atom. The Labute approximate surface area is 206 Å². The number of hydrogen-bond acceptors (Lipinski definition) is 9. The van der Waals surface area contributed by atoms with Gasteiger partial charge in [-0.25, -0.2) is 14.4 Å². The number of imide groups is 1. The molecule has 11 heteroatoms. The standard InChI is InChI=1S/C25H24N2O9/c1-13(2)20(27-21(29)17-7-5-6-8-18(17)22(27)30)25(33)36-12-19(28)26-16-10-14(23(31)34-3)9-15(11-16)24(32)35-4/h5-11,13,20H,12H2,1-4H3,(H,26,28)/t20-/m0/s1. The molecule has 0 bridgehead atoms. The van der Waals surface area contributed by atoms with Gasteiger partial charge in [-0.15, -0.1) is 0 Å². The summed E-state index contributed by atoms with van der Waals surface area (Å²) in [5.74, 6) is -4.95. The molecule has 0 radical (unpaired) electrons. The molecule has 0 aromatic heterocycles. The molecule has 11 nitrogen and oxygen atoms in total. The maximum Gasteiger partial charge on any atom is 0.337 e. The molecule has 1 atom stereocenters. The summed E-state index contributed by atoms with van der Waals surface area (Å²) in [6.07, 6.45) is 0. The minimum atomic E-state index is -1.25. The van der Waals surface area contributed by atoms with E-state index in [4.69, 9.17) is 4.74 Å². The van der Waals surface area contributed by atoms with Gasteiger partial charge < -0.3 is 19.5 Å². The smallest absolute Gasteiger partial charge is 0.337 e. The Balaban J connectivity index is 1.72. The van der Waals surface area contributed by atoms with Crippen LogP contribution in [0.25, 0.3) is 0 Å². The number of amides is 3. The molecule has 0 saturated heterocycles. The molecule has 0 saturated carbocycles. The Morgan fingerprint density at radius 2 is 1.36 bits per heavy atom. The fraction of sp³-hybridized carbons (Fsp3) is 0.280. The first kappa shape index (κ1) is 26.1. The first-order valence-electron chi connectivity index (χ1n) is 10.8. The van der Waals surface area contributed by atoms with Crippen molar-refractivity contribution in [3.05, 3.63) is 64.7 Å². The number of benzene rings is 2. The Bertz CT molecular complexity index is 1180. The van der Waals surface area contributed by atoms with Gasteiger partial charge in [-0.3, -0.25) is 19.3 Å². The van der Waals surface area contributed by atoms with Crippen molar-refractivity contribution < 1.29 is 43.0 Å². The summed E-state index contributed by atoms with van der Waals surface area (Å²) < 4.78 is 14.4. The van der Waals surface area contributed by atoms with Gasteiger partial charge >= 0.3 is 17.9 Å². The first-order chi connectivity index (χ1) is 17.1. The van der Waals surface area contributed by atoms with E-state index in [1.807, 2.05) is 0 Å². The number of nitrogens with zero attached hydrogens (tertiary/aromatic N) is 1. The van der Waals surface area contributed by atoms with Crippen LogP contribution in [0, 0.1) is 5.92 Å². The van der Waals surface area contributed by atoms with Crippen LogP contribution in [-0.2, 0) is 23.8 Å². The van der Waals surface area contributed by atoms with Crippen LogP contribution in [-0.4, -0.2) is 67.4 Å². The molecule has 3 amide bonds. The highest BCUT2D eigenvalue weighted by Gasteiger charge is 2.44. The third kappa shape index (κ3) is 5.24. The predicted octanol–water partition coefficient (Wildman–Crippen LogP) is 2.06. The van der Waals surface area contributed by atoms with Crippen molar-refractivity contribution in [1.29, 1.82) is 0 Å². The summed E-state index contributed by atoms with van der Waals surface area (Å²) >= 11 is 0. The molecule has 2 aromatic rings. The quantitative estimate of drug-likeness (QED) is 0.330. The minimum Gasteiger partial charge on any atom is -0.465 e. The number of hydrogen-bond donors (Lipinski definition) is 1. The Hall–Kier alpha value is -4.54. The third-order valence-corrected chi connectivity index (χ3v) is 5.38. The zero-order valence-corrected chi connectivity index (χ0v) is 20.0. The van der Waals surface area contributed by atoms with Gasteiger partial charge in [0.2, 0.25) is 0 Å². The van der Waals surface area contributed by atoms with Gasteiger partial charge in [0.05, 0.1) is 36.5 Å². The average molecular weight is 496 g/mol. The zero-order chi connectivity index (χ0) is 26.6. The van der Waals surface area contributed by atoms with E-state index < -0.39 is 54.2 Å². The fourth-order valence-corrected chi connectivity index (χ4v) is 3.73. The average Bonchev–Trinajstić information content (AvgIpc) is 3.11. The number of carbonyl (C=O) groups is 6. The van der Waals surface area contributed by atoms with Crippen molar-refractivity contribution in [2.24, 2.45) is 5.92 Å². The highest BCUT2D eigenvalue weighted by Crippen LogP contribution is 2.27. The van der Waals surface area contributed by atoms with E-state index in [0.717, 1.165) is 19.1 Å². The van der Waals surface area contributed by atoms with Crippen molar-refractivity contribution in [3.8, 4) is 0 Å². The van der Waals surface area contributed by atoms with Gasteiger partial charge in [0.1, 0.15) is 6.04 Å². The van der Waals surface area contributed by atoms with Crippen LogP contribution in [0.4, 0.5) is 5.69 Å². The van der Waals surface area contributed by atoms with Crippen LogP contribution in [0.5, 0.6) is 0 Å². The molecule has 36 heavy (non-hydrogen) atoms. The van der Waals surface area contributed by atoms with E-state index in [-0.39, 0.29) is 27.9 Å². The summed E-state index contributed by atoms with van der Waals surface area (Å²) in [6, 6.07) is 8.75. The number of anilines is 1. The number of carbonyl (C=O) groups excluding carboxylic acids is 6. The highest BCUT2D eigenvalue weighted by molar-refractivity contribution is 6.22. The lowest BCUT2D eigenvalue weighted by Gasteiger charge is -2.27. The van der Waals surface area contributed by atoms with E-state index in [1.54, 1.807) is 26.0 Å². The number of fused-ring (bicyclic) bond motifs is 1. The largest absolute Gasteiger partial charge is 0.465 e. The van der Waals surface area contributed by atoms with E-state index in [9.17, 15) is 28.8 Å². The summed E-state index contributed by atoms with van der Waals surface area (Å²) in [4.78, 5) is 75.6. The second-order valence-electron chi connectivity index (χ2n) is 8.15. The SMILES string of the molecule is COC(=O)c1cc(NC(=O)COC(=O)[C@H](C(C)C)N2C(=O)c3ccccc3C2=O)cc(C(=O)OC)c1. The molecule has 0 spiro atoms. The Kier molecular flexibility index (Phi) is 7.83. The molecule has 3 rings (SSSR count). The van der Waals surface area contributed by atoms with Crippen LogP contribution in [0.1, 0.15) is 55.3 Å². The third-order valence-electron chi connectivity index (χ3n) is 5.38. The van der Waals surface area contributed by atoms with Gasteiger partial charge in [-0.05, 0) is 36.2 Å². The van der Waals surface area contributed by atoms with Crippen molar-refractivity contribution in [2.45, 2.75) is 19.9 Å². The first-order valence-corrected chi connectivity index (χ1v) is 10.8. The van der Waals surface area contributed by atoms with Crippen molar-refractivity contribution in [3.63, 3.8) is 0 Å². The van der Waals surface area contributed by atoms with Gasteiger partial charge in [0, 0.05) is 5.69 Å². The molecule has 0 fully saturated rings. The second-order valence-corrected chi connectivity index (χ2v) is 8.15. The van der Waals surface area contributed by atoms with Gasteiger partial charge in [0.25, 0.3) is 17.7 Å². The molecular weight excluding hydrogens is 472 g/mol. The van der Waals surface area contributed by atoms with Crippen molar-refractivity contribution in [2.75, 3.05) is 26.1 Å². The Morgan fingerprint density at radius 1 is 0.861 bits per heavy atom. The number of rotatable bonds is 8. The fourth-order valence-electron chi connectivity index (χ4n) is 3.73. The van der Waals surface area contributed by atoms with Gasteiger partial charge in [-0.2, -0.15) is 0 Å². The van der Waals surface area contributed by atoms with E-state index >= 15 is 0 Å². The monoisotopic (exact) mass is 496 g/mol. The minimum absolute atomic E-state index is 0.0156. The number of nitrogens with one attached hydrogen (secondary N) is 1. The molecule has 1 aliphatic heterocycles. The number of esters is 3. The van der Waals surface area contributed by atoms with Crippen LogP contribution in [0.3, 0.4) is 0 Å². The van der Waals surface area contributed by atoms with E-state index in [1.165, 1.54) is 30.3 Å². The van der Waals surface area contributed by atoms with E-state index in [0.29, 0.717) is 0 Å². The molecule has 2 aromatic carbocycles. The van der Waals surface area contributed by atoms with E-state index in [2.05, 4.69) is 14.8 Å². The number of ether oxygens (including phenoxy) is 3. The molecule has 1 N–H and O–H groups in total. The van der Waals surface area contributed by atoms with Crippen LogP contribution in [0.15, 0.2) is 42.5 Å². The molecular formula is C25H24N2O9. The highest BCUT2D eigenvalue weighted by atomic mass is 16.5. The maximum absolute atomic E-state index is 12.9. The molecule has 0 unspecified atom stereocenters. The van der Waals surface area contributed by atoms with Crippen LogP contribution < -0.4 is 5.32 Å². The summed E-state index contributed by atoms with van der Waals surface area (Å²) in [6.45, 7) is 2.53. The molecule has 1 aliphatic rings. The summed E-state index contributed by atoms with van der Waals surface area (Å²) in [5.41, 5.74) is 0.396. The molecule has 1 heterocycles. The normalized spacial score (nSPS) is 13.2. The van der Waals surface area contributed by atoms with Crippen molar-refractivity contribution >= 4 is 41.3 Å². The van der Waals surface area contributed by atoms with Crippen LogP contribution >= 0.6 is 0 Å². The second kappa shape index (κ2) is 10.8. The topological polar surface area (TPSA) is 145 Å². The molecule has 188 valence electrons. The summed E-state index contributed by atoms with van der Waals surface area (Å²) in [7, 11) is 2.31. The lowest BCUT2D eigenvalue weighted by molar-refractivity contribution is -0.152.